The van der Waals surface area contributed by atoms with E-state index < -0.39 is 12.6 Å². The molecule has 3 N–H and O–H groups in total. The molecule has 0 spiro atoms. The standard InChI is InChI=1S/C19H17F2N5O3/c1-11-5-2-3-8-14(11)23-19-25-15(24-18(22)26-19)10-28-16(27)12-6-4-7-13(9-12)29-17(20)21/h2-9,17H,10H2,1H3,(H3,22,23,24,25,26). The molecule has 150 valence electrons. The topological polar surface area (TPSA) is 112 Å². The van der Waals surface area contributed by atoms with Crippen molar-refractivity contribution in [2.24, 2.45) is 0 Å². The van der Waals surface area contributed by atoms with Crippen molar-refractivity contribution in [3.05, 3.63) is 65.5 Å². The third kappa shape index (κ3) is 5.58. The molecule has 0 aliphatic rings. The predicted octanol–water partition coefficient (Wildman–Crippen LogP) is 3.46. The molecule has 1 heterocycles. The maximum atomic E-state index is 12.3. The van der Waals surface area contributed by atoms with Crippen LogP contribution in [0.3, 0.4) is 0 Å². The Kier molecular flexibility index (Phi) is 6.12. The average molecular weight is 401 g/mol. The van der Waals surface area contributed by atoms with Gasteiger partial charge in [0.05, 0.1) is 5.56 Å². The highest BCUT2D eigenvalue weighted by atomic mass is 19.3. The number of aromatic nitrogens is 3. The summed E-state index contributed by atoms with van der Waals surface area (Å²) >= 11 is 0. The van der Waals surface area contributed by atoms with Crippen LogP contribution in [0.4, 0.5) is 26.4 Å². The third-order valence-electron chi connectivity index (χ3n) is 3.72. The van der Waals surface area contributed by atoms with Crippen LogP contribution in [0.1, 0.15) is 21.7 Å². The predicted molar refractivity (Wildman–Crippen MR) is 101 cm³/mol. The number of anilines is 3. The minimum atomic E-state index is -2.99. The van der Waals surface area contributed by atoms with Gasteiger partial charge in [-0.1, -0.05) is 24.3 Å². The summed E-state index contributed by atoms with van der Waals surface area (Å²) in [4.78, 5) is 24.3. The zero-order valence-electron chi connectivity index (χ0n) is 15.3. The highest BCUT2D eigenvalue weighted by molar-refractivity contribution is 5.89. The molecule has 0 saturated carbocycles. The molecule has 2 aromatic carbocycles. The first-order valence-corrected chi connectivity index (χ1v) is 8.46. The van der Waals surface area contributed by atoms with Crippen LogP contribution in [0.5, 0.6) is 5.75 Å². The lowest BCUT2D eigenvalue weighted by Crippen LogP contribution is -2.11. The number of hydrogen-bond donors (Lipinski definition) is 2. The molecule has 3 rings (SSSR count). The molecule has 0 amide bonds. The van der Waals surface area contributed by atoms with Crippen molar-refractivity contribution in [1.82, 2.24) is 15.0 Å². The van der Waals surface area contributed by atoms with E-state index in [0.717, 1.165) is 17.3 Å². The lowest BCUT2D eigenvalue weighted by atomic mass is 10.2. The molecule has 1 aromatic heterocycles. The number of ether oxygens (including phenoxy) is 2. The number of alkyl halides is 2. The molecule has 0 unspecified atom stereocenters. The van der Waals surface area contributed by atoms with Crippen molar-refractivity contribution in [2.45, 2.75) is 20.1 Å². The van der Waals surface area contributed by atoms with Crippen LogP contribution in [0, 0.1) is 6.92 Å². The summed E-state index contributed by atoms with van der Waals surface area (Å²) in [5.74, 6) is -0.623. The van der Waals surface area contributed by atoms with Crippen molar-refractivity contribution in [2.75, 3.05) is 11.1 Å². The number of nitrogen functional groups attached to an aromatic ring is 1. The van der Waals surface area contributed by atoms with E-state index in [9.17, 15) is 13.6 Å². The van der Waals surface area contributed by atoms with Crippen LogP contribution in [-0.4, -0.2) is 27.5 Å². The lowest BCUT2D eigenvalue weighted by molar-refractivity contribution is -0.0499. The monoisotopic (exact) mass is 401 g/mol. The van der Waals surface area contributed by atoms with Gasteiger partial charge in [-0.25, -0.2) is 4.79 Å². The number of aryl methyl sites for hydroxylation is 1. The maximum Gasteiger partial charge on any atom is 0.387 e. The molecular weight excluding hydrogens is 384 g/mol. The second-order valence-corrected chi connectivity index (χ2v) is 5.86. The van der Waals surface area contributed by atoms with Gasteiger partial charge in [0, 0.05) is 5.69 Å². The van der Waals surface area contributed by atoms with Gasteiger partial charge in [0.15, 0.2) is 12.4 Å². The molecule has 0 atom stereocenters. The third-order valence-corrected chi connectivity index (χ3v) is 3.72. The summed E-state index contributed by atoms with van der Waals surface area (Å²) in [5, 5.41) is 3.03. The van der Waals surface area contributed by atoms with Crippen molar-refractivity contribution in [3.63, 3.8) is 0 Å². The van der Waals surface area contributed by atoms with Gasteiger partial charge in [-0.05, 0) is 36.8 Å². The van der Waals surface area contributed by atoms with Crippen molar-refractivity contribution < 1.29 is 23.0 Å². The van der Waals surface area contributed by atoms with Crippen LogP contribution in [0.25, 0.3) is 0 Å². The number of nitrogens with two attached hydrogens (primary N) is 1. The molecule has 0 bridgehead atoms. The first-order chi connectivity index (χ1) is 13.9. The molecule has 8 nitrogen and oxygen atoms in total. The number of para-hydroxylation sites is 1. The zero-order chi connectivity index (χ0) is 20.8. The maximum absolute atomic E-state index is 12.3. The summed E-state index contributed by atoms with van der Waals surface area (Å²) in [6.45, 7) is -1.36. The Morgan fingerprint density at radius 2 is 1.93 bits per heavy atom. The van der Waals surface area contributed by atoms with Crippen LogP contribution >= 0.6 is 0 Å². The van der Waals surface area contributed by atoms with E-state index in [1.807, 2.05) is 31.2 Å². The van der Waals surface area contributed by atoms with Gasteiger partial charge in [0.25, 0.3) is 0 Å². The minimum absolute atomic E-state index is 0.0448. The molecule has 0 radical (unpaired) electrons. The largest absolute Gasteiger partial charge is 0.454 e. The highest BCUT2D eigenvalue weighted by Gasteiger charge is 2.13. The van der Waals surface area contributed by atoms with E-state index in [-0.39, 0.29) is 35.6 Å². The number of nitrogens with zero attached hydrogens (tertiary/aromatic N) is 3. The number of nitrogens with one attached hydrogen (secondary N) is 1. The molecule has 0 aliphatic carbocycles. The average Bonchev–Trinajstić information content (AvgIpc) is 2.67. The number of esters is 1. The minimum Gasteiger partial charge on any atom is -0.454 e. The fraction of sp³-hybridized carbons (Fsp3) is 0.158. The van der Waals surface area contributed by atoms with Crippen molar-refractivity contribution in [3.8, 4) is 5.75 Å². The van der Waals surface area contributed by atoms with E-state index in [1.54, 1.807) is 0 Å². The molecule has 0 fully saturated rings. The quantitative estimate of drug-likeness (QED) is 0.579. The van der Waals surface area contributed by atoms with E-state index in [0.29, 0.717) is 0 Å². The first-order valence-electron chi connectivity index (χ1n) is 8.46. The van der Waals surface area contributed by atoms with Gasteiger partial charge >= 0.3 is 12.6 Å². The number of rotatable bonds is 7. The molecular formula is C19H17F2N5O3. The SMILES string of the molecule is Cc1ccccc1Nc1nc(N)nc(COC(=O)c2cccc(OC(F)F)c2)n1. The summed E-state index contributed by atoms with van der Waals surface area (Å²) in [6.07, 6.45) is 0. The Labute approximate surface area is 164 Å². The van der Waals surface area contributed by atoms with E-state index >= 15 is 0 Å². The van der Waals surface area contributed by atoms with Crippen LogP contribution in [0.15, 0.2) is 48.5 Å². The molecule has 0 saturated heterocycles. The van der Waals surface area contributed by atoms with Gasteiger partial charge in [-0.15, -0.1) is 0 Å². The Bertz CT molecular complexity index is 1020. The van der Waals surface area contributed by atoms with Gasteiger partial charge in [-0.3, -0.25) is 0 Å². The highest BCUT2D eigenvalue weighted by Crippen LogP contribution is 2.19. The Balaban J connectivity index is 1.68. The Morgan fingerprint density at radius 1 is 1.14 bits per heavy atom. The first kappa shape index (κ1) is 19.9. The molecule has 0 aliphatic heterocycles. The zero-order valence-corrected chi connectivity index (χ0v) is 15.3. The molecule has 10 heteroatoms. The summed E-state index contributed by atoms with van der Waals surface area (Å²) in [6, 6.07) is 12.8. The fourth-order valence-corrected chi connectivity index (χ4v) is 2.40. The van der Waals surface area contributed by atoms with E-state index in [2.05, 4.69) is 25.0 Å². The summed E-state index contributed by atoms with van der Waals surface area (Å²) in [5.41, 5.74) is 7.52. The lowest BCUT2D eigenvalue weighted by Gasteiger charge is -2.10. The second kappa shape index (κ2) is 8.91. The number of carbonyl (C=O) groups is 1. The van der Waals surface area contributed by atoms with Crippen LogP contribution in [-0.2, 0) is 11.3 Å². The smallest absolute Gasteiger partial charge is 0.387 e. The van der Waals surface area contributed by atoms with Crippen molar-refractivity contribution in [1.29, 1.82) is 0 Å². The number of halogens is 2. The number of hydrogen-bond acceptors (Lipinski definition) is 8. The summed E-state index contributed by atoms with van der Waals surface area (Å²) < 4.78 is 34.0. The fourth-order valence-electron chi connectivity index (χ4n) is 2.40. The van der Waals surface area contributed by atoms with Gasteiger partial charge in [0.1, 0.15) is 5.75 Å². The molecule has 3 aromatic rings. The van der Waals surface area contributed by atoms with E-state index in [4.69, 9.17) is 10.5 Å². The van der Waals surface area contributed by atoms with E-state index in [1.165, 1.54) is 18.2 Å². The van der Waals surface area contributed by atoms with Crippen LogP contribution < -0.4 is 15.8 Å². The van der Waals surface area contributed by atoms with Crippen molar-refractivity contribution >= 4 is 23.6 Å². The number of carbonyl (C=O) groups excluding carboxylic acids is 1. The van der Waals surface area contributed by atoms with Gasteiger partial charge < -0.3 is 20.5 Å². The Morgan fingerprint density at radius 3 is 2.69 bits per heavy atom. The van der Waals surface area contributed by atoms with Gasteiger partial charge in [0.2, 0.25) is 11.9 Å². The Hall–Kier alpha value is -3.82. The van der Waals surface area contributed by atoms with Gasteiger partial charge in [-0.2, -0.15) is 23.7 Å². The summed E-state index contributed by atoms with van der Waals surface area (Å²) in [7, 11) is 0. The number of benzene rings is 2. The second-order valence-electron chi connectivity index (χ2n) is 5.86. The van der Waals surface area contributed by atoms with Crippen LogP contribution in [0.2, 0.25) is 0 Å². The normalized spacial score (nSPS) is 10.6. The molecule has 29 heavy (non-hydrogen) atoms.